The Morgan fingerprint density at radius 2 is 2.33 bits per heavy atom. The van der Waals surface area contributed by atoms with Gasteiger partial charge in [0, 0.05) is 12.7 Å². The summed E-state index contributed by atoms with van der Waals surface area (Å²) >= 11 is 0. The van der Waals surface area contributed by atoms with Gasteiger partial charge in [0.25, 0.3) is 0 Å². The van der Waals surface area contributed by atoms with E-state index in [1.165, 1.54) is 6.07 Å². The van der Waals surface area contributed by atoms with E-state index in [2.05, 4.69) is 10.4 Å². The van der Waals surface area contributed by atoms with Crippen LogP contribution in [0.15, 0.2) is 30.6 Å². The Bertz CT molecular complexity index is 584. The maximum atomic E-state index is 13.5. The number of nitrogens with zero attached hydrogens (tertiary/aromatic N) is 3. The van der Waals surface area contributed by atoms with Gasteiger partial charge in [0.1, 0.15) is 5.82 Å². The van der Waals surface area contributed by atoms with Crippen molar-refractivity contribution in [2.45, 2.75) is 6.54 Å². The zero-order valence-corrected chi connectivity index (χ0v) is 9.60. The number of aromatic nitrogens is 2. The second-order valence-electron chi connectivity index (χ2n) is 3.77. The second-order valence-corrected chi connectivity index (χ2v) is 3.77. The third-order valence-electron chi connectivity index (χ3n) is 2.41. The van der Waals surface area contributed by atoms with Crippen molar-refractivity contribution in [1.29, 1.82) is 5.26 Å². The molecule has 0 bridgehead atoms. The summed E-state index contributed by atoms with van der Waals surface area (Å²) in [6, 6.07) is 6.20. The number of nitrogens with two attached hydrogens (primary N) is 1. The van der Waals surface area contributed by atoms with E-state index in [4.69, 9.17) is 11.0 Å². The maximum Gasteiger partial charge on any atom is 0.147 e. The molecule has 0 atom stereocenters. The fourth-order valence-corrected chi connectivity index (χ4v) is 1.53. The van der Waals surface area contributed by atoms with Crippen LogP contribution in [-0.4, -0.2) is 16.3 Å². The first-order valence-corrected chi connectivity index (χ1v) is 5.40. The van der Waals surface area contributed by atoms with Gasteiger partial charge in [-0.3, -0.25) is 4.68 Å². The molecule has 92 valence electrons. The van der Waals surface area contributed by atoms with Gasteiger partial charge in [-0.2, -0.15) is 10.4 Å². The molecule has 0 saturated carbocycles. The molecule has 5 nitrogen and oxygen atoms in total. The van der Waals surface area contributed by atoms with Crippen LogP contribution in [0.4, 0.5) is 15.8 Å². The van der Waals surface area contributed by atoms with Crippen LogP contribution in [0, 0.1) is 17.1 Å². The molecule has 1 heterocycles. The lowest BCUT2D eigenvalue weighted by molar-refractivity contribution is 0.617. The summed E-state index contributed by atoms with van der Waals surface area (Å²) in [6.07, 6.45) is 3.26. The van der Waals surface area contributed by atoms with Crippen molar-refractivity contribution in [1.82, 2.24) is 9.78 Å². The molecule has 0 aliphatic carbocycles. The Kier molecular flexibility index (Phi) is 3.44. The minimum atomic E-state index is -0.436. The minimum absolute atomic E-state index is 0.304. The fourth-order valence-electron chi connectivity index (χ4n) is 1.53. The van der Waals surface area contributed by atoms with Gasteiger partial charge < -0.3 is 11.1 Å². The molecule has 0 unspecified atom stereocenters. The molecule has 2 rings (SSSR count). The van der Waals surface area contributed by atoms with Crippen molar-refractivity contribution in [3.8, 4) is 6.07 Å². The first kappa shape index (κ1) is 11.9. The molecule has 1 aromatic carbocycles. The highest BCUT2D eigenvalue weighted by molar-refractivity contribution is 5.48. The lowest BCUT2D eigenvalue weighted by Gasteiger charge is -2.07. The summed E-state index contributed by atoms with van der Waals surface area (Å²) in [6.45, 7) is 1.10. The Morgan fingerprint density at radius 1 is 1.50 bits per heavy atom. The van der Waals surface area contributed by atoms with Crippen LogP contribution < -0.4 is 11.1 Å². The molecule has 1 aromatic heterocycles. The maximum absolute atomic E-state index is 13.5. The number of nitriles is 1. The van der Waals surface area contributed by atoms with E-state index in [9.17, 15) is 4.39 Å². The molecule has 0 saturated heterocycles. The van der Waals surface area contributed by atoms with E-state index in [0.29, 0.717) is 30.0 Å². The van der Waals surface area contributed by atoms with Gasteiger partial charge in [-0.15, -0.1) is 0 Å². The predicted octanol–water partition coefficient (Wildman–Crippen LogP) is 1.59. The summed E-state index contributed by atoms with van der Waals surface area (Å²) in [4.78, 5) is 0. The minimum Gasteiger partial charge on any atom is -0.396 e. The standard InChI is InChI=1S/C12H12FN5/c13-11-5-9(6-14)1-2-12(11)16-3-4-18-8-10(15)7-17-18/h1-2,5,7-8,16H,3-4,15H2. The van der Waals surface area contributed by atoms with Crippen molar-refractivity contribution in [2.24, 2.45) is 0 Å². The Balaban J connectivity index is 1.92. The molecule has 2 aromatic rings. The highest BCUT2D eigenvalue weighted by Gasteiger charge is 2.02. The van der Waals surface area contributed by atoms with Crippen molar-refractivity contribution >= 4 is 11.4 Å². The van der Waals surface area contributed by atoms with Gasteiger partial charge in [0.15, 0.2) is 0 Å². The monoisotopic (exact) mass is 245 g/mol. The van der Waals surface area contributed by atoms with E-state index in [1.807, 2.05) is 6.07 Å². The van der Waals surface area contributed by atoms with Crippen molar-refractivity contribution in [3.05, 3.63) is 42.0 Å². The molecule has 0 amide bonds. The van der Waals surface area contributed by atoms with Crippen LogP contribution in [0.1, 0.15) is 5.56 Å². The largest absolute Gasteiger partial charge is 0.396 e. The lowest BCUT2D eigenvalue weighted by Crippen LogP contribution is -2.11. The molecule has 0 aliphatic heterocycles. The topological polar surface area (TPSA) is 79.7 Å². The Morgan fingerprint density at radius 3 is 2.94 bits per heavy atom. The average molecular weight is 245 g/mol. The highest BCUT2D eigenvalue weighted by Crippen LogP contribution is 2.14. The normalized spacial score (nSPS) is 10.0. The van der Waals surface area contributed by atoms with Gasteiger partial charge in [0.2, 0.25) is 0 Å². The van der Waals surface area contributed by atoms with Crippen LogP contribution in [0.25, 0.3) is 0 Å². The number of halogens is 1. The summed E-state index contributed by atoms with van der Waals surface area (Å²) in [5, 5.41) is 15.6. The average Bonchev–Trinajstić information content (AvgIpc) is 2.77. The second kappa shape index (κ2) is 5.19. The number of rotatable bonds is 4. The van der Waals surface area contributed by atoms with Crippen molar-refractivity contribution in [3.63, 3.8) is 0 Å². The summed E-state index contributed by atoms with van der Waals surface area (Å²) in [5.41, 5.74) is 6.79. The van der Waals surface area contributed by atoms with Crippen LogP contribution in [0.5, 0.6) is 0 Å². The molecule has 0 spiro atoms. The van der Waals surface area contributed by atoms with Crippen LogP contribution in [0.3, 0.4) is 0 Å². The molecule has 0 fully saturated rings. The van der Waals surface area contributed by atoms with E-state index in [-0.39, 0.29) is 0 Å². The third-order valence-corrected chi connectivity index (χ3v) is 2.41. The number of hydrogen-bond donors (Lipinski definition) is 2. The van der Waals surface area contributed by atoms with E-state index < -0.39 is 5.82 Å². The molecule has 18 heavy (non-hydrogen) atoms. The van der Waals surface area contributed by atoms with Gasteiger partial charge >= 0.3 is 0 Å². The first-order chi connectivity index (χ1) is 8.69. The summed E-state index contributed by atoms with van der Waals surface area (Å²) in [5.74, 6) is -0.436. The Hall–Kier alpha value is -2.55. The third kappa shape index (κ3) is 2.77. The van der Waals surface area contributed by atoms with Crippen molar-refractivity contribution in [2.75, 3.05) is 17.6 Å². The molecule has 6 heteroatoms. The first-order valence-electron chi connectivity index (χ1n) is 5.40. The summed E-state index contributed by atoms with van der Waals surface area (Å²) < 4.78 is 15.2. The molecular formula is C12H12FN5. The Labute approximate surface area is 104 Å². The SMILES string of the molecule is N#Cc1ccc(NCCn2cc(N)cn2)c(F)c1. The molecular weight excluding hydrogens is 233 g/mol. The predicted molar refractivity (Wildman–Crippen MR) is 66.2 cm³/mol. The van der Waals surface area contributed by atoms with E-state index >= 15 is 0 Å². The molecule has 3 N–H and O–H groups in total. The van der Waals surface area contributed by atoms with Crippen LogP contribution in [-0.2, 0) is 6.54 Å². The quantitative estimate of drug-likeness (QED) is 0.857. The molecule has 0 aliphatic rings. The highest BCUT2D eigenvalue weighted by atomic mass is 19.1. The van der Waals surface area contributed by atoms with Gasteiger partial charge in [0.05, 0.1) is 35.7 Å². The number of nitrogens with one attached hydrogen (secondary N) is 1. The van der Waals surface area contributed by atoms with Crippen molar-refractivity contribution < 1.29 is 4.39 Å². The number of anilines is 2. The lowest BCUT2D eigenvalue weighted by atomic mass is 10.2. The van der Waals surface area contributed by atoms with Gasteiger partial charge in [-0.1, -0.05) is 0 Å². The zero-order chi connectivity index (χ0) is 13.0. The number of hydrogen-bond acceptors (Lipinski definition) is 4. The fraction of sp³-hybridized carbons (Fsp3) is 0.167. The zero-order valence-electron chi connectivity index (χ0n) is 9.60. The summed E-state index contributed by atoms with van der Waals surface area (Å²) in [7, 11) is 0. The van der Waals surface area contributed by atoms with Crippen LogP contribution >= 0.6 is 0 Å². The van der Waals surface area contributed by atoms with Gasteiger partial charge in [-0.05, 0) is 18.2 Å². The smallest absolute Gasteiger partial charge is 0.147 e. The number of nitrogen functional groups attached to an aromatic ring is 1. The van der Waals surface area contributed by atoms with E-state index in [1.54, 1.807) is 29.2 Å². The number of benzene rings is 1. The van der Waals surface area contributed by atoms with E-state index in [0.717, 1.165) is 0 Å². The van der Waals surface area contributed by atoms with Gasteiger partial charge in [-0.25, -0.2) is 4.39 Å². The van der Waals surface area contributed by atoms with Crippen LogP contribution in [0.2, 0.25) is 0 Å². The molecule has 0 radical (unpaired) electrons.